The predicted octanol–water partition coefficient (Wildman–Crippen LogP) is 3.35. The normalized spacial score (nSPS) is 21.4. The second-order valence-electron chi connectivity index (χ2n) is 10.3. The molecule has 4 rings (SSSR count). The summed E-state index contributed by atoms with van der Waals surface area (Å²) in [6.07, 6.45) is 1.57. The molecular weight excluding hydrogens is 496 g/mol. The minimum absolute atomic E-state index is 0.125. The van der Waals surface area contributed by atoms with E-state index in [9.17, 15) is 19.2 Å². The van der Waals surface area contributed by atoms with E-state index < -0.39 is 12.1 Å². The summed E-state index contributed by atoms with van der Waals surface area (Å²) in [6.45, 7) is 7.20. The fourth-order valence-corrected chi connectivity index (χ4v) is 5.64. The Labute approximate surface area is 222 Å². The number of piperidine rings is 1. The van der Waals surface area contributed by atoms with Gasteiger partial charge in [-0.2, -0.15) is 0 Å². The van der Waals surface area contributed by atoms with Crippen molar-refractivity contribution in [1.82, 2.24) is 20.0 Å². The van der Waals surface area contributed by atoms with E-state index in [1.165, 1.54) is 4.90 Å². The zero-order valence-electron chi connectivity index (χ0n) is 21.8. The first-order valence-electron chi connectivity index (χ1n) is 12.9. The van der Waals surface area contributed by atoms with Gasteiger partial charge < -0.3 is 19.9 Å². The van der Waals surface area contributed by atoms with Gasteiger partial charge in [0, 0.05) is 25.2 Å². The molecule has 0 aromatic heterocycles. The van der Waals surface area contributed by atoms with E-state index in [0.29, 0.717) is 60.8 Å². The van der Waals surface area contributed by atoms with Crippen molar-refractivity contribution in [2.45, 2.75) is 52.1 Å². The number of rotatable bonds is 7. The third-order valence-corrected chi connectivity index (χ3v) is 7.73. The van der Waals surface area contributed by atoms with Crippen LogP contribution in [0.2, 0.25) is 5.02 Å². The summed E-state index contributed by atoms with van der Waals surface area (Å²) in [5.41, 5.74) is 1.67. The monoisotopic (exact) mass is 530 g/mol. The van der Waals surface area contributed by atoms with Gasteiger partial charge in [-0.25, -0.2) is 4.79 Å². The minimum atomic E-state index is -0.694. The minimum Gasteiger partial charge on any atom is -0.466 e. The lowest BCUT2D eigenvalue weighted by atomic mass is 9.94. The van der Waals surface area contributed by atoms with Crippen molar-refractivity contribution in [1.29, 1.82) is 0 Å². The van der Waals surface area contributed by atoms with Crippen LogP contribution in [0, 0.1) is 11.8 Å². The molecule has 0 spiro atoms. The van der Waals surface area contributed by atoms with Gasteiger partial charge in [0.15, 0.2) is 0 Å². The average molecular weight is 531 g/mol. The Morgan fingerprint density at radius 3 is 2.46 bits per heavy atom. The number of amides is 4. The van der Waals surface area contributed by atoms with Gasteiger partial charge in [-0.15, -0.1) is 0 Å². The highest BCUT2D eigenvalue weighted by molar-refractivity contribution is 6.31. The molecule has 4 amide bonds. The zero-order valence-corrected chi connectivity index (χ0v) is 22.6. The van der Waals surface area contributed by atoms with Crippen molar-refractivity contribution in [3.05, 3.63) is 46.1 Å². The number of nitrogens with one attached hydrogen (secondary N) is 1. The van der Waals surface area contributed by atoms with Gasteiger partial charge in [0.25, 0.3) is 5.91 Å². The molecule has 2 unspecified atom stereocenters. The summed E-state index contributed by atoms with van der Waals surface area (Å²) < 4.78 is 5.15. The summed E-state index contributed by atoms with van der Waals surface area (Å²) in [6, 6.07) is 5.43. The molecule has 1 aromatic rings. The van der Waals surface area contributed by atoms with Gasteiger partial charge in [-0.1, -0.05) is 43.6 Å². The maximum absolute atomic E-state index is 13.9. The summed E-state index contributed by atoms with van der Waals surface area (Å²) >= 11 is 6.45. The molecule has 0 bridgehead atoms. The summed E-state index contributed by atoms with van der Waals surface area (Å²) in [5.74, 6) is -0.663. The van der Waals surface area contributed by atoms with Crippen LogP contribution >= 0.6 is 11.6 Å². The molecule has 1 aromatic carbocycles. The molecule has 2 atom stereocenters. The molecule has 1 N–H and O–H groups in total. The van der Waals surface area contributed by atoms with Crippen LogP contribution < -0.4 is 5.32 Å². The Balaban J connectivity index is 1.58. The number of carbonyl (C=O) groups is 4. The first kappa shape index (κ1) is 27.0. The number of esters is 1. The largest absolute Gasteiger partial charge is 0.466 e. The lowest BCUT2D eigenvalue weighted by molar-refractivity contribution is -0.152. The maximum atomic E-state index is 13.9. The molecule has 1 saturated heterocycles. The van der Waals surface area contributed by atoms with Gasteiger partial charge in [-0.3, -0.25) is 19.3 Å². The third kappa shape index (κ3) is 5.32. The van der Waals surface area contributed by atoms with Crippen LogP contribution in [0.1, 0.15) is 51.6 Å². The fraction of sp³-hybridized carbons (Fsp3) is 0.556. The second-order valence-corrected chi connectivity index (χ2v) is 10.7. The molecular formula is C27H35ClN4O5. The van der Waals surface area contributed by atoms with E-state index in [2.05, 4.69) is 5.32 Å². The quantitative estimate of drug-likeness (QED) is 0.545. The third-order valence-electron chi connectivity index (χ3n) is 7.39. The lowest BCUT2D eigenvalue weighted by Crippen LogP contribution is -2.52. The SMILES string of the molecule is CCOC(=O)C1CCN(C(=O)C(CC(C)C)N2CC3=C(C2=O)C(c2ccccc2Cl)NC(=O)N3C)CC1. The van der Waals surface area contributed by atoms with Crippen molar-refractivity contribution in [3.63, 3.8) is 0 Å². The smallest absolute Gasteiger partial charge is 0.322 e. The Bertz CT molecular complexity index is 1110. The Hall–Kier alpha value is -3.07. The topological polar surface area (TPSA) is 99.3 Å². The van der Waals surface area contributed by atoms with Gasteiger partial charge in [0.2, 0.25) is 5.91 Å². The number of hydrogen-bond donors (Lipinski definition) is 1. The summed E-state index contributed by atoms with van der Waals surface area (Å²) in [4.78, 5) is 57.5. The molecule has 3 aliphatic heterocycles. The summed E-state index contributed by atoms with van der Waals surface area (Å²) in [5, 5.41) is 3.36. The van der Waals surface area contributed by atoms with Crippen molar-refractivity contribution in [2.24, 2.45) is 11.8 Å². The molecule has 9 nitrogen and oxygen atoms in total. The van der Waals surface area contributed by atoms with Crippen molar-refractivity contribution >= 4 is 35.4 Å². The van der Waals surface area contributed by atoms with Gasteiger partial charge in [-0.05, 0) is 43.7 Å². The molecule has 1 fully saturated rings. The van der Waals surface area contributed by atoms with Crippen LogP contribution in [0.4, 0.5) is 4.79 Å². The first-order valence-corrected chi connectivity index (χ1v) is 13.3. The van der Waals surface area contributed by atoms with Crippen LogP contribution in [-0.2, 0) is 19.1 Å². The van der Waals surface area contributed by atoms with E-state index in [1.807, 2.05) is 19.9 Å². The van der Waals surface area contributed by atoms with Crippen molar-refractivity contribution in [3.8, 4) is 0 Å². The number of likely N-dealkylation sites (tertiary alicyclic amines) is 1. The van der Waals surface area contributed by atoms with E-state index in [1.54, 1.807) is 42.0 Å². The highest BCUT2D eigenvalue weighted by Gasteiger charge is 2.47. The van der Waals surface area contributed by atoms with Crippen molar-refractivity contribution < 1.29 is 23.9 Å². The number of hydrogen-bond acceptors (Lipinski definition) is 5. The maximum Gasteiger partial charge on any atom is 0.322 e. The van der Waals surface area contributed by atoms with Crippen LogP contribution in [0.5, 0.6) is 0 Å². The molecule has 0 saturated carbocycles. The van der Waals surface area contributed by atoms with Crippen molar-refractivity contribution in [2.75, 3.05) is 33.3 Å². The Kier molecular flexibility index (Phi) is 8.11. The van der Waals surface area contributed by atoms with Gasteiger partial charge in [0.1, 0.15) is 6.04 Å². The van der Waals surface area contributed by atoms with E-state index in [-0.39, 0.29) is 42.2 Å². The van der Waals surface area contributed by atoms with Crippen LogP contribution in [0.3, 0.4) is 0 Å². The average Bonchev–Trinajstić information content (AvgIpc) is 3.22. The van der Waals surface area contributed by atoms with E-state index >= 15 is 0 Å². The number of nitrogens with zero attached hydrogens (tertiary/aromatic N) is 3. The van der Waals surface area contributed by atoms with E-state index in [0.717, 1.165) is 0 Å². The molecule has 3 heterocycles. The Morgan fingerprint density at radius 1 is 1.16 bits per heavy atom. The second kappa shape index (κ2) is 11.1. The standard InChI is InChI=1S/C27H35ClN4O5/c1-5-37-26(35)17-10-12-31(13-11-17)24(33)20(14-16(2)3)32-15-21-22(25(32)34)23(29-27(36)30(21)4)18-8-6-7-9-19(18)28/h6-9,16-17,20,23H,5,10-15H2,1-4H3,(H,29,36). The summed E-state index contributed by atoms with van der Waals surface area (Å²) in [7, 11) is 1.63. The van der Waals surface area contributed by atoms with Gasteiger partial charge in [0.05, 0.1) is 36.4 Å². The highest BCUT2D eigenvalue weighted by atomic mass is 35.5. The number of ether oxygens (including phenoxy) is 1. The molecule has 10 heteroatoms. The lowest BCUT2D eigenvalue weighted by Gasteiger charge is -2.37. The molecule has 200 valence electrons. The number of halogens is 1. The molecule has 0 aliphatic carbocycles. The van der Waals surface area contributed by atoms with Gasteiger partial charge >= 0.3 is 12.0 Å². The predicted molar refractivity (Wildman–Crippen MR) is 138 cm³/mol. The van der Waals surface area contributed by atoms with Crippen LogP contribution in [0.15, 0.2) is 35.5 Å². The highest BCUT2D eigenvalue weighted by Crippen LogP contribution is 2.39. The molecule has 0 radical (unpaired) electrons. The first-order chi connectivity index (χ1) is 17.6. The molecule has 37 heavy (non-hydrogen) atoms. The van der Waals surface area contributed by atoms with E-state index in [4.69, 9.17) is 16.3 Å². The molecule has 3 aliphatic rings. The fourth-order valence-electron chi connectivity index (χ4n) is 5.40. The zero-order chi connectivity index (χ0) is 26.9. The van der Waals surface area contributed by atoms with Crippen LogP contribution in [0.25, 0.3) is 0 Å². The number of carbonyl (C=O) groups excluding carboxylic acids is 4. The number of urea groups is 1. The van der Waals surface area contributed by atoms with Crippen LogP contribution in [-0.4, -0.2) is 77.8 Å². The Morgan fingerprint density at radius 2 is 1.84 bits per heavy atom. The number of likely N-dealkylation sites (N-methyl/N-ethyl adjacent to an activating group) is 1. The number of benzene rings is 1.